The zero-order valence-electron chi connectivity index (χ0n) is 31.5. The third kappa shape index (κ3) is 12.0. The molecule has 0 aliphatic heterocycles. The van der Waals surface area contributed by atoms with Crippen molar-refractivity contribution < 1.29 is 0 Å². The molecular formula is C48H78. The first-order chi connectivity index (χ1) is 23.0. The predicted octanol–water partition coefficient (Wildman–Crippen LogP) is 15.6. The third-order valence-corrected chi connectivity index (χ3v) is 13.9. The lowest BCUT2D eigenvalue weighted by molar-refractivity contribution is 0.155. The molecule has 0 spiro atoms. The van der Waals surface area contributed by atoms with E-state index in [4.69, 9.17) is 0 Å². The molecule has 0 nitrogen and oxygen atoms in total. The summed E-state index contributed by atoms with van der Waals surface area (Å²) < 4.78 is 0. The highest BCUT2D eigenvalue weighted by Gasteiger charge is 2.32. The molecule has 2 aromatic carbocycles. The van der Waals surface area contributed by atoms with Crippen LogP contribution < -0.4 is 0 Å². The monoisotopic (exact) mass is 655 g/mol. The quantitative estimate of drug-likeness (QED) is 0.212. The third-order valence-electron chi connectivity index (χ3n) is 13.9. The number of aryl methyl sites for hydroxylation is 2. The van der Waals surface area contributed by atoms with Gasteiger partial charge in [-0.2, -0.15) is 0 Å². The molecule has 0 heterocycles. The van der Waals surface area contributed by atoms with E-state index < -0.39 is 0 Å². The molecule has 0 heteroatoms. The Bertz CT molecular complexity index is 1080. The fraction of sp³-hybridized carbons (Fsp3) is 0.750. The molecule has 2 aromatic rings. The van der Waals surface area contributed by atoms with Gasteiger partial charge in [0.25, 0.3) is 0 Å². The number of rotatable bonds is 11. The molecule has 0 atom stereocenters. The Kier molecular flexibility index (Phi) is 17.1. The topological polar surface area (TPSA) is 0 Å². The first-order valence-electron chi connectivity index (χ1n) is 21.1. The van der Waals surface area contributed by atoms with Crippen LogP contribution in [0.15, 0.2) is 48.5 Å². The van der Waals surface area contributed by atoms with Crippen molar-refractivity contribution in [2.75, 3.05) is 0 Å². The Labute approximate surface area is 300 Å². The fourth-order valence-corrected chi connectivity index (χ4v) is 10.6. The van der Waals surface area contributed by atoms with Crippen LogP contribution in [0, 0.1) is 49.4 Å². The van der Waals surface area contributed by atoms with Crippen molar-refractivity contribution in [3.8, 4) is 0 Å². The summed E-state index contributed by atoms with van der Waals surface area (Å²) in [5.74, 6) is 8.03. The summed E-state index contributed by atoms with van der Waals surface area (Å²) in [4.78, 5) is 0. The van der Waals surface area contributed by atoms with E-state index >= 15 is 0 Å². The highest BCUT2D eigenvalue weighted by Crippen LogP contribution is 2.46. The predicted molar refractivity (Wildman–Crippen MR) is 213 cm³/mol. The van der Waals surface area contributed by atoms with Crippen molar-refractivity contribution in [3.05, 3.63) is 70.8 Å². The highest BCUT2D eigenvalue weighted by molar-refractivity contribution is 5.26. The highest BCUT2D eigenvalue weighted by atomic mass is 14.4. The average molecular weight is 655 g/mol. The Morgan fingerprint density at radius 3 is 1.04 bits per heavy atom. The van der Waals surface area contributed by atoms with Crippen LogP contribution in [0.5, 0.6) is 0 Å². The molecule has 0 N–H and O–H groups in total. The van der Waals surface area contributed by atoms with Gasteiger partial charge in [0, 0.05) is 0 Å². The minimum Gasteiger partial charge on any atom is -0.0776 e. The van der Waals surface area contributed by atoms with Crippen LogP contribution in [-0.2, 0) is 0 Å². The van der Waals surface area contributed by atoms with E-state index in [0.717, 1.165) is 47.3 Å². The summed E-state index contributed by atoms with van der Waals surface area (Å²) in [7, 11) is 0. The van der Waals surface area contributed by atoms with Gasteiger partial charge in [0.2, 0.25) is 0 Å². The maximum absolute atomic E-state index is 2.38. The van der Waals surface area contributed by atoms with Crippen molar-refractivity contribution in [1.82, 2.24) is 0 Å². The molecule has 6 rings (SSSR count). The van der Waals surface area contributed by atoms with Gasteiger partial charge in [0.1, 0.15) is 0 Å². The number of hydrogen-bond acceptors (Lipinski definition) is 0. The molecule has 0 bridgehead atoms. The lowest BCUT2D eigenvalue weighted by Gasteiger charge is -2.38. The van der Waals surface area contributed by atoms with Gasteiger partial charge in [-0.3, -0.25) is 0 Å². The van der Waals surface area contributed by atoms with Crippen molar-refractivity contribution >= 4 is 0 Å². The molecule has 0 amide bonds. The molecule has 0 aromatic heterocycles. The van der Waals surface area contributed by atoms with E-state index in [9.17, 15) is 0 Å². The molecule has 4 aliphatic carbocycles. The smallest absolute Gasteiger partial charge is 0.0162 e. The Hall–Kier alpha value is -1.56. The zero-order chi connectivity index (χ0) is 32.8. The van der Waals surface area contributed by atoms with Crippen LogP contribution in [0.25, 0.3) is 0 Å². The molecule has 0 radical (unpaired) electrons. The number of unbranched alkanes of at least 4 members (excludes halogenated alkanes) is 3. The van der Waals surface area contributed by atoms with Crippen LogP contribution >= 0.6 is 0 Å². The standard InChI is InChI=1S/C24H38.C23H36.CH4/c1-3-4-5-6-20-9-13-22(14-10-20)24-17-15-23(16-18-24)21-11-7-19(2)8-12-21;1-3-4-5-19-8-12-21(13-9-19)23-16-14-22(15-17-23)20-10-6-18(2)7-11-20;/h7-8,11-12,20,22-24H,3-6,9-10,13-18H2,1-2H3;6-7,10-11,19,21-23H,3-5,8-9,12-17H2,1-2H3;1H4. The normalized spacial score (nSPS) is 30.8. The lowest BCUT2D eigenvalue weighted by atomic mass is 9.68. The molecule has 0 saturated heterocycles. The Balaban J connectivity index is 0.000000212. The maximum Gasteiger partial charge on any atom is -0.0162 e. The average Bonchev–Trinajstić information content (AvgIpc) is 3.13. The maximum atomic E-state index is 2.38. The van der Waals surface area contributed by atoms with Crippen LogP contribution in [0.3, 0.4) is 0 Å². The zero-order valence-corrected chi connectivity index (χ0v) is 31.5. The SMILES string of the molecule is C.CCCCC1CCC(C2CCC(c3ccc(C)cc3)CC2)CC1.CCCCCC1CCC(C2CCC(c3ccc(C)cc3)CC2)CC1. The van der Waals surface area contributed by atoms with Crippen LogP contribution in [-0.4, -0.2) is 0 Å². The van der Waals surface area contributed by atoms with Crippen molar-refractivity contribution in [1.29, 1.82) is 0 Å². The van der Waals surface area contributed by atoms with Gasteiger partial charge in [-0.1, -0.05) is 152 Å². The summed E-state index contributed by atoms with van der Waals surface area (Å²) in [6, 6.07) is 18.7. The Morgan fingerprint density at radius 1 is 0.396 bits per heavy atom. The van der Waals surface area contributed by atoms with E-state index in [0.29, 0.717) is 0 Å². The Morgan fingerprint density at radius 2 is 0.708 bits per heavy atom. The molecule has 4 fully saturated rings. The first kappa shape index (κ1) is 39.2. The van der Waals surface area contributed by atoms with Gasteiger partial charge in [-0.15, -0.1) is 0 Å². The van der Waals surface area contributed by atoms with Gasteiger partial charge < -0.3 is 0 Å². The van der Waals surface area contributed by atoms with Gasteiger partial charge in [-0.25, -0.2) is 0 Å². The van der Waals surface area contributed by atoms with E-state index in [2.05, 4.69) is 76.2 Å². The molecule has 4 aliphatic rings. The van der Waals surface area contributed by atoms with Gasteiger partial charge in [0.15, 0.2) is 0 Å². The summed E-state index contributed by atoms with van der Waals surface area (Å²) in [6.07, 6.45) is 34.1. The summed E-state index contributed by atoms with van der Waals surface area (Å²) >= 11 is 0. The summed E-state index contributed by atoms with van der Waals surface area (Å²) in [5.41, 5.74) is 5.97. The molecular weight excluding hydrogens is 577 g/mol. The second kappa shape index (κ2) is 21.0. The number of hydrogen-bond donors (Lipinski definition) is 0. The van der Waals surface area contributed by atoms with E-state index in [1.807, 2.05) is 0 Å². The van der Waals surface area contributed by atoms with Gasteiger partial charge in [0.05, 0.1) is 0 Å². The fourth-order valence-electron chi connectivity index (χ4n) is 10.6. The molecule has 0 unspecified atom stereocenters. The second-order valence-corrected chi connectivity index (χ2v) is 17.2. The van der Waals surface area contributed by atoms with Crippen LogP contribution in [0.1, 0.15) is 203 Å². The first-order valence-corrected chi connectivity index (χ1v) is 21.1. The van der Waals surface area contributed by atoms with Crippen molar-refractivity contribution in [3.63, 3.8) is 0 Å². The minimum atomic E-state index is 0. The summed E-state index contributed by atoms with van der Waals surface area (Å²) in [5, 5.41) is 0. The number of benzene rings is 2. The van der Waals surface area contributed by atoms with Gasteiger partial charge in [-0.05, 0) is 149 Å². The summed E-state index contributed by atoms with van der Waals surface area (Å²) in [6.45, 7) is 9.04. The minimum absolute atomic E-state index is 0. The van der Waals surface area contributed by atoms with Crippen molar-refractivity contribution in [2.45, 2.75) is 195 Å². The lowest BCUT2D eigenvalue weighted by Crippen LogP contribution is -2.25. The van der Waals surface area contributed by atoms with E-state index in [-0.39, 0.29) is 7.43 Å². The molecule has 48 heavy (non-hydrogen) atoms. The molecule has 4 saturated carbocycles. The van der Waals surface area contributed by atoms with E-state index in [1.54, 1.807) is 11.1 Å². The van der Waals surface area contributed by atoms with Crippen LogP contribution in [0.2, 0.25) is 0 Å². The largest absolute Gasteiger partial charge is 0.0776 e. The van der Waals surface area contributed by atoms with E-state index in [1.165, 1.54) is 159 Å². The van der Waals surface area contributed by atoms with Crippen molar-refractivity contribution in [2.24, 2.45) is 35.5 Å². The van der Waals surface area contributed by atoms with Gasteiger partial charge >= 0.3 is 0 Å². The molecule has 270 valence electrons. The second-order valence-electron chi connectivity index (χ2n) is 17.2. The van der Waals surface area contributed by atoms with Crippen LogP contribution in [0.4, 0.5) is 0 Å².